The van der Waals surface area contributed by atoms with Gasteiger partial charge in [-0.1, -0.05) is 36.4 Å². The molecule has 0 bridgehead atoms. The van der Waals surface area contributed by atoms with Crippen LogP contribution in [0.2, 0.25) is 0 Å². The first kappa shape index (κ1) is 17.4. The van der Waals surface area contributed by atoms with E-state index < -0.39 is 0 Å². The Labute approximate surface area is 162 Å². The largest absolute Gasteiger partial charge is 0.490 e. The van der Waals surface area contributed by atoms with Crippen LogP contribution in [0.15, 0.2) is 65.6 Å². The van der Waals surface area contributed by atoms with Crippen LogP contribution < -0.4 is 14.8 Å². The third-order valence-corrected chi connectivity index (χ3v) is 5.17. The van der Waals surface area contributed by atoms with Gasteiger partial charge < -0.3 is 14.8 Å². The molecule has 2 heterocycles. The van der Waals surface area contributed by atoms with Gasteiger partial charge in [0.1, 0.15) is 6.61 Å². The minimum absolute atomic E-state index is 0.161. The molecule has 27 heavy (non-hydrogen) atoms. The van der Waals surface area contributed by atoms with Gasteiger partial charge in [-0.15, -0.1) is 11.3 Å². The number of fused-ring (bicyclic) bond motifs is 1. The van der Waals surface area contributed by atoms with E-state index in [0.29, 0.717) is 23.7 Å². The summed E-state index contributed by atoms with van der Waals surface area (Å²) < 4.78 is 11.4. The zero-order valence-corrected chi connectivity index (χ0v) is 15.7. The van der Waals surface area contributed by atoms with Crippen molar-refractivity contribution in [1.82, 2.24) is 0 Å². The molecule has 1 aliphatic heterocycles. The van der Waals surface area contributed by atoms with Crippen LogP contribution in [0.4, 0.5) is 5.69 Å². The number of ether oxygens (including phenoxy) is 2. The molecular formula is C22H19NO3S. The lowest BCUT2D eigenvalue weighted by atomic mass is 10.1. The molecule has 3 aromatic rings. The normalized spacial score (nSPS) is 12.6. The zero-order valence-electron chi connectivity index (χ0n) is 14.9. The number of amides is 1. The second-order valence-corrected chi connectivity index (χ2v) is 6.99. The number of carbonyl (C=O) groups is 1. The molecule has 4 rings (SSSR count). The summed E-state index contributed by atoms with van der Waals surface area (Å²) in [5.41, 5.74) is 3.23. The van der Waals surface area contributed by atoms with Crippen LogP contribution in [0, 0.1) is 0 Å². The highest BCUT2D eigenvalue weighted by atomic mass is 32.1. The van der Waals surface area contributed by atoms with E-state index in [1.54, 1.807) is 11.3 Å². The summed E-state index contributed by atoms with van der Waals surface area (Å²) in [6.45, 7) is 2.71. The highest BCUT2D eigenvalue weighted by molar-refractivity contribution is 7.13. The molecule has 1 aromatic heterocycles. The van der Waals surface area contributed by atoms with E-state index in [9.17, 15) is 4.79 Å². The molecule has 0 radical (unpaired) electrons. The lowest BCUT2D eigenvalue weighted by Gasteiger charge is -2.20. The van der Waals surface area contributed by atoms with Gasteiger partial charge in [0.15, 0.2) is 11.5 Å². The van der Waals surface area contributed by atoms with E-state index in [1.165, 1.54) is 0 Å². The van der Waals surface area contributed by atoms with Crippen molar-refractivity contribution in [2.45, 2.75) is 6.92 Å². The van der Waals surface area contributed by atoms with Crippen molar-refractivity contribution in [2.75, 3.05) is 18.5 Å². The van der Waals surface area contributed by atoms with Crippen LogP contribution >= 0.6 is 11.3 Å². The summed E-state index contributed by atoms with van der Waals surface area (Å²) in [5.74, 6) is 1.23. The van der Waals surface area contributed by atoms with Crippen molar-refractivity contribution >= 4 is 29.0 Å². The standard InChI is InChI=1S/C22H19NO3S/c1-2-25-19-10-5-7-15-13-16(14-26-21(15)19)22(24)23-18-9-4-3-8-17(18)20-11-6-12-27-20/h3-13H,2,14H2,1H3,(H,23,24). The Balaban J connectivity index is 1.59. The molecule has 1 N–H and O–H groups in total. The van der Waals surface area contributed by atoms with Crippen molar-refractivity contribution in [2.24, 2.45) is 0 Å². The maximum absolute atomic E-state index is 12.8. The van der Waals surface area contributed by atoms with E-state index in [2.05, 4.69) is 5.32 Å². The molecule has 0 fully saturated rings. The van der Waals surface area contributed by atoms with Crippen LogP contribution in [-0.2, 0) is 4.79 Å². The minimum Gasteiger partial charge on any atom is -0.490 e. The molecule has 0 aliphatic carbocycles. The van der Waals surface area contributed by atoms with Crippen LogP contribution in [-0.4, -0.2) is 19.1 Å². The molecule has 0 saturated heterocycles. The van der Waals surface area contributed by atoms with E-state index in [4.69, 9.17) is 9.47 Å². The number of benzene rings is 2. The predicted molar refractivity (Wildman–Crippen MR) is 109 cm³/mol. The van der Waals surface area contributed by atoms with E-state index in [0.717, 1.165) is 21.7 Å². The van der Waals surface area contributed by atoms with Crippen molar-refractivity contribution in [3.63, 3.8) is 0 Å². The van der Waals surface area contributed by atoms with Crippen LogP contribution in [0.25, 0.3) is 16.5 Å². The van der Waals surface area contributed by atoms with Gasteiger partial charge >= 0.3 is 0 Å². The Morgan fingerprint density at radius 2 is 2.04 bits per heavy atom. The van der Waals surface area contributed by atoms with Gasteiger partial charge in [0, 0.05) is 21.7 Å². The summed E-state index contributed by atoms with van der Waals surface area (Å²) >= 11 is 1.65. The van der Waals surface area contributed by atoms with Crippen LogP contribution in [0.5, 0.6) is 11.5 Å². The summed E-state index contributed by atoms with van der Waals surface area (Å²) in [6, 6.07) is 17.6. The van der Waals surface area contributed by atoms with Crippen molar-refractivity contribution in [1.29, 1.82) is 0 Å². The predicted octanol–water partition coefficient (Wildman–Crippen LogP) is 5.23. The molecule has 5 heteroatoms. The molecule has 136 valence electrons. The summed E-state index contributed by atoms with van der Waals surface area (Å²) in [6.07, 6.45) is 1.87. The molecule has 2 aromatic carbocycles. The lowest BCUT2D eigenvalue weighted by molar-refractivity contribution is -0.113. The van der Waals surface area contributed by atoms with Gasteiger partial charge in [-0.3, -0.25) is 4.79 Å². The molecule has 1 amide bonds. The molecule has 1 aliphatic rings. The van der Waals surface area contributed by atoms with Gasteiger partial charge in [-0.2, -0.15) is 0 Å². The summed E-state index contributed by atoms with van der Waals surface area (Å²) in [7, 11) is 0. The number of rotatable bonds is 5. The van der Waals surface area contributed by atoms with E-state index >= 15 is 0 Å². The molecule has 0 saturated carbocycles. The van der Waals surface area contributed by atoms with Gasteiger partial charge in [0.05, 0.1) is 12.2 Å². The second kappa shape index (κ2) is 7.68. The van der Waals surface area contributed by atoms with Crippen LogP contribution in [0.3, 0.4) is 0 Å². The minimum atomic E-state index is -0.161. The Morgan fingerprint density at radius 1 is 1.15 bits per heavy atom. The number of nitrogens with one attached hydrogen (secondary N) is 1. The zero-order chi connectivity index (χ0) is 18.6. The fourth-order valence-electron chi connectivity index (χ4n) is 3.02. The van der Waals surface area contributed by atoms with Crippen molar-refractivity contribution in [3.8, 4) is 21.9 Å². The fraction of sp³-hybridized carbons (Fsp3) is 0.136. The lowest BCUT2D eigenvalue weighted by Crippen LogP contribution is -2.21. The van der Waals surface area contributed by atoms with Crippen molar-refractivity contribution < 1.29 is 14.3 Å². The number of thiophene rings is 1. The monoisotopic (exact) mass is 377 g/mol. The molecule has 0 atom stereocenters. The number of hydrogen-bond donors (Lipinski definition) is 1. The van der Waals surface area contributed by atoms with Gasteiger partial charge in [-0.25, -0.2) is 0 Å². The van der Waals surface area contributed by atoms with Gasteiger partial charge in [-0.05, 0) is 36.6 Å². The molecule has 0 unspecified atom stereocenters. The third kappa shape index (κ3) is 3.59. The first-order chi connectivity index (χ1) is 13.3. The quantitative estimate of drug-likeness (QED) is 0.662. The van der Waals surface area contributed by atoms with E-state index in [-0.39, 0.29) is 12.5 Å². The smallest absolute Gasteiger partial charge is 0.255 e. The SMILES string of the molecule is CCOc1cccc2c1OCC(C(=O)Nc1ccccc1-c1cccs1)=C2. The topological polar surface area (TPSA) is 47.6 Å². The molecule has 4 nitrogen and oxygen atoms in total. The Kier molecular flexibility index (Phi) is 4.94. The van der Waals surface area contributed by atoms with Crippen LogP contribution in [0.1, 0.15) is 12.5 Å². The highest BCUT2D eigenvalue weighted by Crippen LogP contribution is 2.36. The van der Waals surface area contributed by atoms with E-state index in [1.807, 2.05) is 73.0 Å². The third-order valence-electron chi connectivity index (χ3n) is 4.26. The highest BCUT2D eigenvalue weighted by Gasteiger charge is 2.21. The fourth-order valence-corrected chi connectivity index (χ4v) is 3.79. The maximum atomic E-state index is 12.8. The number of carbonyl (C=O) groups excluding carboxylic acids is 1. The first-order valence-corrected chi connectivity index (χ1v) is 9.67. The average molecular weight is 377 g/mol. The van der Waals surface area contributed by atoms with Gasteiger partial charge in [0.2, 0.25) is 0 Å². The molecule has 0 spiro atoms. The maximum Gasteiger partial charge on any atom is 0.255 e. The second-order valence-electron chi connectivity index (χ2n) is 6.04. The van der Waals surface area contributed by atoms with Gasteiger partial charge in [0.25, 0.3) is 5.91 Å². The molecular weight excluding hydrogens is 358 g/mol. The summed E-state index contributed by atoms with van der Waals surface area (Å²) in [5, 5.41) is 5.05. The first-order valence-electron chi connectivity index (χ1n) is 8.79. The average Bonchev–Trinajstić information content (AvgIpc) is 3.23. The number of anilines is 1. The Hall–Kier alpha value is -3.05. The number of hydrogen-bond acceptors (Lipinski definition) is 4. The van der Waals surface area contributed by atoms with Crippen molar-refractivity contribution in [3.05, 3.63) is 71.1 Å². The Bertz CT molecular complexity index is 993. The summed E-state index contributed by atoms with van der Waals surface area (Å²) in [4.78, 5) is 13.9. The number of para-hydroxylation sites is 2. The Morgan fingerprint density at radius 3 is 2.85 bits per heavy atom.